The number of nitrogens with zero attached hydrogens (tertiary/aromatic N) is 1. The van der Waals surface area contributed by atoms with Crippen molar-refractivity contribution < 1.29 is 9.84 Å². The third-order valence-electron chi connectivity index (χ3n) is 3.85. The fourth-order valence-electron chi connectivity index (χ4n) is 2.86. The van der Waals surface area contributed by atoms with Gasteiger partial charge in [-0.3, -0.25) is 0 Å². The second-order valence-electron chi connectivity index (χ2n) is 6.44. The predicted octanol–water partition coefficient (Wildman–Crippen LogP) is 4.40. The molecule has 0 aromatic heterocycles. The lowest BCUT2D eigenvalue weighted by Gasteiger charge is -2.24. The van der Waals surface area contributed by atoms with Crippen LogP contribution in [0.2, 0.25) is 0 Å². The lowest BCUT2D eigenvalue weighted by Crippen LogP contribution is -2.36. The van der Waals surface area contributed by atoms with E-state index in [4.69, 9.17) is 4.74 Å². The van der Waals surface area contributed by atoms with Crippen LogP contribution in [0.15, 0.2) is 18.2 Å². The summed E-state index contributed by atoms with van der Waals surface area (Å²) in [5.74, 6) is 1.37. The van der Waals surface area contributed by atoms with Gasteiger partial charge in [0.05, 0.1) is 0 Å². The zero-order valence-electron chi connectivity index (χ0n) is 15.3. The Morgan fingerprint density at radius 3 is 2.22 bits per heavy atom. The van der Waals surface area contributed by atoms with E-state index in [9.17, 15) is 5.11 Å². The maximum Gasteiger partial charge on any atom is 0.119 e. The maximum atomic E-state index is 10.2. The van der Waals surface area contributed by atoms with Crippen molar-refractivity contribution >= 4 is 12.4 Å². The topological polar surface area (TPSA) is 32.7 Å². The Kier molecular flexibility index (Phi) is 11.3. The summed E-state index contributed by atoms with van der Waals surface area (Å²) >= 11 is 0. The van der Waals surface area contributed by atoms with Crippen LogP contribution in [0.5, 0.6) is 5.75 Å². The van der Waals surface area contributed by atoms with Gasteiger partial charge >= 0.3 is 0 Å². The molecule has 0 bridgehead atoms. The summed E-state index contributed by atoms with van der Waals surface area (Å²) in [6.07, 6.45) is 1.79. The molecule has 1 rings (SSSR count). The minimum Gasteiger partial charge on any atom is -0.491 e. The van der Waals surface area contributed by atoms with Gasteiger partial charge in [-0.2, -0.15) is 0 Å². The number of hydrogen-bond acceptors (Lipinski definition) is 3. The van der Waals surface area contributed by atoms with E-state index in [1.807, 2.05) is 6.07 Å². The molecule has 0 saturated carbocycles. The number of aliphatic hydroxyl groups excluding tert-OH is 1. The molecule has 1 aromatic rings. The third kappa shape index (κ3) is 8.05. The Balaban J connectivity index is 0.00000484. The standard InChI is InChI=1S/C19H33NO2.ClH/c1-6-10-20(11-7-2)13-17(21)14-22-18-8-9-19(15(3)4)16(5)12-18;/h8-9,12,15,17,21H,6-7,10-11,13-14H2,1-5H3;1H. The Morgan fingerprint density at radius 1 is 1.13 bits per heavy atom. The largest absolute Gasteiger partial charge is 0.491 e. The van der Waals surface area contributed by atoms with Gasteiger partial charge in [0.15, 0.2) is 0 Å². The molecule has 0 radical (unpaired) electrons. The Bertz CT molecular complexity index is 431. The molecule has 0 fully saturated rings. The summed E-state index contributed by atoms with van der Waals surface area (Å²) in [5, 5.41) is 10.2. The van der Waals surface area contributed by atoms with Crippen LogP contribution < -0.4 is 4.74 Å². The van der Waals surface area contributed by atoms with Crippen molar-refractivity contribution in [2.45, 2.75) is 59.5 Å². The Morgan fingerprint density at radius 2 is 1.74 bits per heavy atom. The van der Waals surface area contributed by atoms with Crippen molar-refractivity contribution in [1.82, 2.24) is 4.90 Å². The van der Waals surface area contributed by atoms with Crippen LogP contribution in [-0.2, 0) is 0 Å². The van der Waals surface area contributed by atoms with Crippen molar-refractivity contribution in [3.63, 3.8) is 0 Å². The number of halogens is 1. The number of ether oxygens (including phenoxy) is 1. The smallest absolute Gasteiger partial charge is 0.119 e. The second-order valence-corrected chi connectivity index (χ2v) is 6.44. The van der Waals surface area contributed by atoms with Gasteiger partial charge in [0.1, 0.15) is 18.5 Å². The van der Waals surface area contributed by atoms with Crippen LogP contribution in [-0.4, -0.2) is 42.4 Å². The molecular weight excluding hydrogens is 310 g/mol. The van der Waals surface area contributed by atoms with Crippen molar-refractivity contribution in [3.05, 3.63) is 29.3 Å². The minimum atomic E-state index is -0.441. The summed E-state index contributed by atoms with van der Waals surface area (Å²) < 4.78 is 5.76. The quantitative estimate of drug-likeness (QED) is 0.683. The third-order valence-corrected chi connectivity index (χ3v) is 3.85. The van der Waals surface area contributed by atoms with E-state index in [0.717, 1.165) is 31.7 Å². The zero-order chi connectivity index (χ0) is 16.5. The number of benzene rings is 1. The molecule has 1 unspecified atom stereocenters. The van der Waals surface area contributed by atoms with Crippen LogP contribution in [0, 0.1) is 6.92 Å². The average molecular weight is 344 g/mol. The second kappa shape index (κ2) is 11.7. The van der Waals surface area contributed by atoms with Crippen LogP contribution >= 0.6 is 12.4 Å². The van der Waals surface area contributed by atoms with E-state index in [1.54, 1.807) is 0 Å². The molecule has 0 saturated heterocycles. The first-order valence-electron chi connectivity index (χ1n) is 8.61. The summed E-state index contributed by atoms with van der Waals surface area (Å²) in [5.41, 5.74) is 2.60. The number of aliphatic hydroxyl groups is 1. The van der Waals surface area contributed by atoms with Gasteiger partial charge in [0.25, 0.3) is 0 Å². The van der Waals surface area contributed by atoms with Crippen molar-refractivity contribution in [2.24, 2.45) is 0 Å². The highest BCUT2D eigenvalue weighted by atomic mass is 35.5. The molecule has 0 aliphatic carbocycles. The van der Waals surface area contributed by atoms with E-state index in [1.165, 1.54) is 11.1 Å². The summed E-state index contributed by atoms with van der Waals surface area (Å²) in [6, 6.07) is 6.20. The van der Waals surface area contributed by atoms with Gasteiger partial charge in [-0.15, -0.1) is 12.4 Å². The van der Waals surface area contributed by atoms with Gasteiger partial charge in [0, 0.05) is 6.54 Å². The van der Waals surface area contributed by atoms with Crippen LogP contribution in [0.25, 0.3) is 0 Å². The predicted molar refractivity (Wildman–Crippen MR) is 101 cm³/mol. The Hall–Kier alpha value is -0.770. The van der Waals surface area contributed by atoms with Crippen LogP contribution in [0.1, 0.15) is 57.6 Å². The molecule has 3 nitrogen and oxygen atoms in total. The average Bonchev–Trinajstić information content (AvgIpc) is 2.45. The molecule has 0 amide bonds. The highest BCUT2D eigenvalue weighted by Gasteiger charge is 2.12. The lowest BCUT2D eigenvalue weighted by molar-refractivity contribution is 0.0681. The van der Waals surface area contributed by atoms with Gasteiger partial charge in [-0.1, -0.05) is 33.8 Å². The minimum absolute atomic E-state index is 0. The summed E-state index contributed by atoms with van der Waals surface area (Å²) in [4.78, 5) is 2.31. The molecule has 134 valence electrons. The molecule has 1 atom stereocenters. The van der Waals surface area contributed by atoms with E-state index in [0.29, 0.717) is 19.1 Å². The number of aryl methyl sites for hydroxylation is 1. The van der Waals surface area contributed by atoms with Gasteiger partial charge < -0.3 is 14.7 Å². The van der Waals surface area contributed by atoms with Crippen LogP contribution in [0.4, 0.5) is 0 Å². The van der Waals surface area contributed by atoms with E-state index in [-0.39, 0.29) is 12.4 Å². The van der Waals surface area contributed by atoms with Gasteiger partial charge in [-0.25, -0.2) is 0 Å². The zero-order valence-corrected chi connectivity index (χ0v) is 16.2. The molecular formula is C19H34ClNO2. The molecule has 0 aliphatic heterocycles. The normalized spacial score (nSPS) is 12.3. The van der Waals surface area contributed by atoms with Crippen molar-refractivity contribution in [3.8, 4) is 5.75 Å². The molecule has 0 spiro atoms. The first-order chi connectivity index (χ1) is 10.5. The van der Waals surface area contributed by atoms with Crippen molar-refractivity contribution in [2.75, 3.05) is 26.2 Å². The first kappa shape index (κ1) is 22.2. The highest BCUT2D eigenvalue weighted by Crippen LogP contribution is 2.23. The number of hydrogen-bond donors (Lipinski definition) is 1. The van der Waals surface area contributed by atoms with Crippen molar-refractivity contribution in [1.29, 1.82) is 0 Å². The fourth-order valence-corrected chi connectivity index (χ4v) is 2.86. The number of rotatable bonds is 10. The first-order valence-corrected chi connectivity index (χ1v) is 8.61. The monoisotopic (exact) mass is 343 g/mol. The maximum absolute atomic E-state index is 10.2. The molecule has 4 heteroatoms. The molecule has 0 heterocycles. The highest BCUT2D eigenvalue weighted by molar-refractivity contribution is 5.85. The van der Waals surface area contributed by atoms with E-state index >= 15 is 0 Å². The van der Waals surface area contributed by atoms with Gasteiger partial charge in [-0.05, 0) is 62.0 Å². The van der Waals surface area contributed by atoms with E-state index < -0.39 is 6.10 Å². The molecule has 1 N–H and O–H groups in total. The summed E-state index contributed by atoms with van der Waals surface area (Å²) in [6.45, 7) is 14.0. The molecule has 23 heavy (non-hydrogen) atoms. The van der Waals surface area contributed by atoms with Gasteiger partial charge in [0.2, 0.25) is 0 Å². The molecule has 0 aliphatic rings. The molecule has 1 aromatic carbocycles. The van der Waals surface area contributed by atoms with Crippen LogP contribution in [0.3, 0.4) is 0 Å². The van der Waals surface area contributed by atoms with E-state index in [2.05, 4.69) is 51.7 Å². The fraction of sp³-hybridized carbons (Fsp3) is 0.684. The lowest BCUT2D eigenvalue weighted by atomic mass is 9.98. The summed E-state index contributed by atoms with van der Waals surface area (Å²) in [7, 11) is 0. The SMILES string of the molecule is CCCN(CCC)CC(O)COc1ccc(C(C)C)c(C)c1.Cl. The Labute approximate surface area is 148 Å².